The van der Waals surface area contributed by atoms with Gasteiger partial charge in [-0.3, -0.25) is 9.79 Å². The van der Waals surface area contributed by atoms with Crippen LogP contribution in [0.5, 0.6) is 11.5 Å². The SMILES string of the molecule is Br.COc1ccc(C(=O)CN(C2=NCCCC2)c2ccccc2)cc1OC. The minimum atomic E-state index is 0. The van der Waals surface area contributed by atoms with Crippen LogP contribution in [0.1, 0.15) is 29.6 Å². The Balaban J connectivity index is 0.00000261. The Kier molecular flexibility index (Phi) is 7.85. The molecular formula is C21H25BrN2O3. The Morgan fingerprint density at radius 3 is 2.41 bits per heavy atom. The number of aliphatic imine (C=N–C) groups is 1. The van der Waals surface area contributed by atoms with Gasteiger partial charge in [-0.25, -0.2) is 0 Å². The Morgan fingerprint density at radius 2 is 1.78 bits per heavy atom. The number of Topliss-reactive ketones (excluding diaryl/α,β-unsaturated/α-hetero) is 1. The summed E-state index contributed by atoms with van der Waals surface area (Å²) in [5, 5.41) is 0. The maximum Gasteiger partial charge on any atom is 0.182 e. The summed E-state index contributed by atoms with van der Waals surface area (Å²) >= 11 is 0. The summed E-state index contributed by atoms with van der Waals surface area (Å²) in [5.74, 6) is 2.17. The largest absolute Gasteiger partial charge is 0.493 e. The number of ketones is 1. The van der Waals surface area contributed by atoms with Gasteiger partial charge in [-0.1, -0.05) is 18.2 Å². The fourth-order valence-electron chi connectivity index (χ4n) is 3.09. The van der Waals surface area contributed by atoms with Gasteiger partial charge < -0.3 is 14.4 Å². The van der Waals surface area contributed by atoms with Crippen molar-refractivity contribution >= 4 is 34.3 Å². The third kappa shape index (κ3) is 5.10. The molecule has 144 valence electrons. The van der Waals surface area contributed by atoms with Crippen LogP contribution in [0, 0.1) is 0 Å². The number of hydrogen-bond acceptors (Lipinski definition) is 5. The number of amidine groups is 1. The van der Waals surface area contributed by atoms with Gasteiger partial charge in [0, 0.05) is 24.2 Å². The number of nitrogens with zero attached hydrogens (tertiary/aromatic N) is 2. The summed E-state index contributed by atoms with van der Waals surface area (Å²) in [7, 11) is 3.15. The number of carbonyl (C=O) groups excluding carboxylic acids is 1. The van der Waals surface area contributed by atoms with Crippen LogP contribution in [-0.4, -0.2) is 38.9 Å². The highest BCUT2D eigenvalue weighted by molar-refractivity contribution is 8.93. The van der Waals surface area contributed by atoms with Gasteiger partial charge >= 0.3 is 0 Å². The van der Waals surface area contributed by atoms with E-state index in [9.17, 15) is 4.79 Å². The highest BCUT2D eigenvalue weighted by Crippen LogP contribution is 2.28. The van der Waals surface area contributed by atoms with E-state index in [1.54, 1.807) is 32.4 Å². The molecule has 27 heavy (non-hydrogen) atoms. The first kappa shape index (κ1) is 21.0. The maximum absolute atomic E-state index is 12.9. The zero-order valence-electron chi connectivity index (χ0n) is 15.7. The molecule has 5 nitrogen and oxygen atoms in total. The molecule has 0 atom stereocenters. The quantitative estimate of drug-likeness (QED) is 0.628. The van der Waals surface area contributed by atoms with Gasteiger partial charge in [-0.15, -0.1) is 17.0 Å². The lowest BCUT2D eigenvalue weighted by Crippen LogP contribution is -2.37. The first-order valence-electron chi connectivity index (χ1n) is 8.84. The van der Waals surface area contributed by atoms with Crippen molar-refractivity contribution in [2.45, 2.75) is 19.3 Å². The molecule has 6 heteroatoms. The number of para-hydroxylation sites is 1. The number of carbonyl (C=O) groups is 1. The van der Waals surface area contributed by atoms with E-state index in [2.05, 4.69) is 4.99 Å². The highest BCUT2D eigenvalue weighted by atomic mass is 79.9. The van der Waals surface area contributed by atoms with Crippen LogP contribution in [0.25, 0.3) is 0 Å². The van der Waals surface area contributed by atoms with Crippen LogP contribution in [0.4, 0.5) is 5.69 Å². The van der Waals surface area contributed by atoms with E-state index >= 15 is 0 Å². The third-order valence-corrected chi connectivity index (χ3v) is 4.49. The molecule has 1 heterocycles. The molecule has 0 N–H and O–H groups in total. The van der Waals surface area contributed by atoms with E-state index < -0.39 is 0 Å². The number of ether oxygens (including phenoxy) is 2. The standard InChI is InChI=1S/C21H24N2O3.BrH/c1-25-19-12-11-16(14-20(19)26-2)18(24)15-23(17-8-4-3-5-9-17)21-10-6-7-13-22-21;/h3-5,8-9,11-12,14H,6-7,10,13,15H2,1-2H3;1H. The average Bonchev–Trinajstić information content (AvgIpc) is 2.72. The molecule has 0 aliphatic carbocycles. The van der Waals surface area contributed by atoms with Crippen LogP contribution in [0.3, 0.4) is 0 Å². The van der Waals surface area contributed by atoms with Crippen molar-refractivity contribution in [3.8, 4) is 11.5 Å². The van der Waals surface area contributed by atoms with E-state index in [0.29, 0.717) is 17.1 Å². The number of anilines is 1. The molecule has 0 aromatic heterocycles. The van der Waals surface area contributed by atoms with Gasteiger partial charge in [0.1, 0.15) is 5.84 Å². The molecule has 2 aromatic rings. The monoisotopic (exact) mass is 432 g/mol. The summed E-state index contributed by atoms with van der Waals surface area (Å²) in [6, 6.07) is 15.2. The van der Waals surface area contributed by atoms with E-state index in [1.807, 2.05) is 35.2 Å². The first-order valence-corrected chi connectivity index (χ1v) is 8.84. The van der Waals surface area contributed by atoms with Crippen molar-refractivity contribution in [2.24, 2.45) is 4.99 Å². The molecule has 2 aromatic carbocycles. The minimum Gasteiger partial charge on any atom is -0.493 e. The molecule has 0 fully saturated rings. The van der Waals surface area contributed by atoms with Crippen molar-refractivity contribution in [1.82, 2.24) is 0 Å². The van der Waals surface area contributed by atoms with Crippen LogP contribution in [0.15, 0.2) is 53.5 Å². The van der Waals surface area contributed by atoms with Crippen molar-refractivity contribution in [2.75, 3.05) is 32.2 Å². The van der Waals surface area contributed by atoms with E-state index in [0.717, 1.165) is 37.3 Å². The zero-order valence-corrected chi connectivity index (χ0v) is 17.4. The van der Waals surface area contributed by atoms with Gasteiger partial charge in [0.05, 0.1) is 20.8 Å². The summed E-state index contributed by atoms with van der Waals surface area (Å²) < 4.78 is 10.6. The summed E-state index contributed by atoms with van der Waals surface area (Å²) in [5.41, 5.74) is 1.59. The molecule has 0 amide bonds. The van der Waals surface area contributed by atoms with Gasteiger partial charge in [-0.05, 0) is 43.2 Å². The second-order valence-corrected chi connectivity index (χ2v) is 6.17. The van der Waals surface area contributed by atoms with Crippen molar-refractivity contribution in [1.29, 1.82) is 0 Å². The minimum absolute atomic E-state index is 0. The Morgan fingerprint density at radius 1 is 1.04 bits per heavy atom. The van der Waals surface area contributed by atoms with Crippen LogP contribution < -0.4 is 14.4 Å². The smallest absolute Gasteiger partial charge is 0.182 e. The molecule has 1 aliphatic rings. The Labute approximate surface area is 170 Å². The van der Waals surface area contributed by atoms with Crippen molar-refractivity contribution < 1.29 is 14.3 Å². The number of hydrogen-bond donors (Lipinski definition) is 0. The number of halogens is 1. The molecule has 0 unspecified atom stereocenters. The Bertz CT molecular complexity index is 793. The number of rotatable bonds is 6. The molecule has 0 saturated heterocycles. The summed E-state index contributed by atoms with van der Waals surface area (Å²) in [6.07, 6.45) is 3.11. The van der Waals surface area contributed by atoms with Gasteiger partial charge in [-0.2, -0.15) is 0 Å². The molecule has 0 bridgehead atoms. The average molecular weight is 433 g/mol. The van der Waals surface area contributed by atoms with Crippen molar-refractivity contribution in [3.05, 3.63) is 54.1 Å². The van der Waals surface area contributed by atoms with E-state index in [1.165, 1.54) is 0 Å². The summed E-state index contributed by atoms with van der Waals surface area (Å²) in [6.45, 7) is 1.07. The number of methoxy groups -OCH3 is 2. The highest BCUT2D eigenvalue weighted by Gasteiger charge is 2.20. The molecule has 3 rings (SSSR count). The Hall–Kier alpha value is -2.34. The second-order valence-electron chi connectivity index (χ2n) is 6.17. The first-order chi connectivity index (χ1) is 12.7. The topological polar surface area (TPSA) is 51.1 Å². The van der Waals surface area contributed by atoms with Crippen LogP contribution in [0.2, 0.25) is 0 Å². The lowest BCUT2D eigenvalue weighted by atomic mass is 10.1. The molecule has 1 aliphatic heterocycles. The maximum atomic E-state index is 12.9. The molecule has 0 radical (unpaired) electrons. The fraction of sp³-hybridized carbons (Fsp3) is 0.333. The van der Waals surface area contributed by atoms with Gasteiger partial charge in [0.2, 0.25) is 0 Å². The van der Waals surface area contributed by atoms with Crippen LogP contribution in [-0.2, 0) is 0 Å². The lowest BCUT2D eigenvalue weighted by molar-refractivity contribution is 0.100. The van der Waals surface area contributed by atoms with E-state index in [4.69, 9.17) is 9.47 Å². The third-order valence-electron chi connectivity index (χ3n) is 4.49. The second kappa shape index (κ2) is 10.1. The normalized spacial score (nSPS) is 13.2. The van der Waals surface area contributed by atoms with E-state index in [-0.39, 0.29) is 29.3 Å². The van der Waals surface area contributed by atoms with Crippen molar-refractivity contribution in [3.63, 3.8) is 0 Å². The fourth-order valence-corrected chi connectivity index (χ4v) is 3.09. The van der Waals surface area contributed by atoms with Crippen LogP contribution >= 0.6 is 17.0 Å². The predicted octanol–water partition coefficient (Wildman–Crippen LogP) is 4.55. The number of benzene rings is 2. The molecule has 0 spiro atoms. The molecular weight excluding hydrogens is 408 g/mol. The zero-order chi connectivity index (χ0) is 18.4. The van der Waals surface area contributed by atoms with Gasteiger partial charge in [0.25, 0.3) is 0 Å². The molecule has 0 saturated carbocycles. The van der Waals surface area contributed by atoms with Gasteiger partial charge in [0.15, 0.2) is 17.3 Å². The predicted molar refractivity (Wildman–Crippen MR) is 114 cm³/mol. The lowest BCUT2D eigenvalue weighted by Gasteiger charge is -2.28. The summed E-state index contributed by atoms with van der Waals surface area (Å²) in [4.78, 5) is 19.6.